The van der Waals surface area contributed by atoms with Gasteiger partial charge >= 0.3 is 12.1 Å². The van der Waals surface area contributed by atoms with Gasteiger partial charge in [0.25, 0.3) is 0 Å². The van der Waals surface area contributed by atoms with Crippen LogP contribution in [0.2, 0.25) is 0 Å². The quantitative estimate of drug-likeness (QED) is 0.445. The maximum Gasteiger partial charge on any atom is 0.407 e. The average Bonchev–Trinajstić information content (AvgIpc) is 3.14. The summed E-state index contributed by atoms with van der Waals surface area (Å²) in [5, 5.41) is 14.6. The number of carbonyl (C=O) groups is 3. The van der Waals surface area contributed by atoms with E-state index in [1.165, 1.54) is 0 Å². The standard InChI is InChI=1S/C27H34N2O5/c1-4-24(25(30)28-18(3)11-9-10-17(2)26(31)32)29-27(33)34-16-23-21-14-7-5-12-19(21)20-13-6-8-15-22(20)23/h5-8,12-15,17-18,23-24H,4,9-11,16H2,1-3H3,(H,28,30)(H,29,33)(H,31,32). The van der Waals surface area contributed by atoms with E-state index >= 15 is 0 Å². The van der Waals surface area contributed by atoms with Gasteiger partial charge in [0.2, 0.25) is 5.91 Å². The maximum atomic E-state index is 12.6. The molecule has 3 rings (SSSR count). The molecular weight excluding hydrogens is 432 g/mol. The summed E-state index contributed by atoms with van der Waals surface area (Å²) in [6.07, 6.45) is 1.74. The summed E-state index contributed by atoms with van der Waals surface area (Å²) in [5.74, 6) is -1.52. The van der Waals surface area contributed by atoms with Gasteiger partial charge in [-0.25, -0.2) is 4.79 Å². The number of carboxylic acid groups (broad SMARTS) is 1. The van der Waals surface area contributed by atoms with Crippen molar-refractivity contribution in [2.24, 2.45) is 5.92 Å². The summed E-state index contributed by atoms with van der Waals surface area (Å²) in [5.41, 5.74) is 4.58. The Hall–Kier alpha value is -3.35. The third kappa shape index (κ3) is 6.16. The Morgan fingerprint density at radius 1 is 0.941 bits per heavy atom. The molecule has 3 atom stereocenters. The van der Waals surface area contributed by atoms with Crippen LogP contribution in [0.25, 0.3) is 11.1 Å². The predicted octanol–water partition coefficient (Wildman–Crippen LogP) is 4.70. The highest BCUT2D eigenvalue weighted by Gasteiger charge is 2.29. The van der Waals surface area contributed by atoms with E-state index in [-0.39, 0.29) is 24.5 Å². The highest BCUT2D eigenvalue weighted by molar-refractivity contribution is 5.86. The largest absolute Gasteiger partial charge is 0.481 e. The zero-order chi connectivity index (χ0) is 24.7. The molecule has 0 aromatic heterocycles. The molecule has 0 saturated carbocycles. The number of carboxylic acids is 1. The fourth-order valence-electron chi connectivity index (χ4n) is 4.40. The Kier molecular flexibility index (Phi) is 8.68. The van der Waals surface area contributed by atoms with Crippen molar-refractivity contribution in [1.82, 2.24) is 10.6 Å². The zero-order valence-electron chi connectivity index (χ0n) is 20.0. The number of rotatable bonds is 11. The molecule has 0 spiro atoms. The summed E-state index contributed by atoms with van der Waals surface area (Å²) in [4.78, 5) is 36.1. The average molecular weight is 467 g/mol. The van der Waals surface area contributed by atoms with E-state index in [1.54, 1.807) is 6.92 Å². The lowest BCUT2D eigenvalue weighted by molar-refractivity contribution is -0.141. The second-order valence-corrected chi connectivity index (χ2v) is 9.01. The molecule has 3 N–H and O–H groups in total. The molecule has 0 aliphatic heterocycles. The Morgan fingerprint density at radius 3 is 2.09 bits per heavy atom. The summed E-state index contributed by atoms with van der Waals surface area (Å²) in [7, 11) is 0. The third-order valence-electron chi connectivity index (χ3n) is 6.45. The van der Waals surface area contributed by atoms with Gasteiger partial charge in [0.15, 0.2) is 0 Å². The van der Waals surface area contributed by atoms with Crippen molar-refractivity contribution in [3.05, 3.63) is 59.7 Å². The van der Waals surface area contributed by atoms with Crippen LogP contribution in [0.15, 0.2) is 48.5 Å². The van der Waals surface area contributed by atoms with E-state index in [9.17, 15) is 14.4 Å². The number of ether oxygens (including phenoxy) is 1. The van der Waals surface area contributed by atoms with E-state index in [0.29, 0.717) is 25.7 Å². The van der Waals surface area contributed by atoms with Gasteiger partial charge in [-0.2, -0.15) is 0 Å². The lowest BCUT2D eigenvalue weighted by atomic mass is 9.98. The second kappa shape index (κ2) is 11.7. The number of amides is 2. The Balaban J connectivity index is 1.50. The van der Waals surface area contributed by atoms with Crippen molar-refractivity contribution in [3.63, 3.8) is 0 Å². The molecule has 0 radical (unpaired) electrons. The molecule has 0 heterocycles. The lowest BCUT2D eigenvalue weighted by Gasteiger charge is -2.21. The first kappa shape index (κ1) is 25.3. The van der Waals surface area contributed by atoms with Crippen molar-refractivity contribution in [2.75, 3.05) is 6.61 Å². The third-order valence-corrected chi connectivity index (χ3v) is 6.45. The Labute approximate surface area is 200 Å². The smallest absolute Gasteiger partial charge is 0.407 e. The van der Waals surface area contributed by atoms with Crippen LogP contribution in [0.5, 0.6) is 0 Å². The van der Waals surface area contributed by atoms with E-state index < -0.39 is 24.0 Å². The summed E-state index contributed by atoms with van der Waals surface area (Å²) >= 11 is 0. The molecule has 2 aromatic rings. The van der Waals surface area contributed by atoms with Gasteiger partial charge in [0.1, 0.15) is 12.6 Å². The molecule has 1 aliphatic rings. The maximum absolute atomic E-state index is 12.6. The van der Waals surface area contributed by atoms with Crippen molar-refractivity contribution in [2.45, 2.75) is 64.5 Å². The summed E-state index contributed by atoms with van der Waals surface area (Å²) in [6, 6.07) is 15.4. The molecule has 1 aliphatic carbocycles. The van der Waals surface area contributed by atoms with Gasteiger partial charge in [-0.05, 0) is 48.4 Å². The highest BCUT2D eigenvalue weighted by Crippen LogP contribution is 2.44. The molecular formula is C27H34N2O5. The monoisotopic (exact) mass is 466 g/mol. The second-order valence-electron chi connectivity index (χ2n) is 9.01. The molecule has 3 unspecified atom stereocenters. The number of fused-ring (bicyclic) bond motifs is 3. The van der Waals surface area contributed by atoms with Crippen LogP contribution in [0, 0.1) is 5.92 Å². The first-order valence-electron chi connectivity index (χ1n) is 12.0. The Morgan fingerprint density at radius 2 is 1.53 bits per heavy atom. The van der Waals surface area contributed by atoms with E-state index in [2.05, 4.69) is 34.9 Å². The number of carbonyl (C=O) groups excluding carboxylic acids is 2. The fourth-order valence-corrected chi connectivity index (χ4v) is 4.40. The molecule has 7 heteroatoms. The van der Waals surface area contributed by atoms with Crippen molar-refractivity contribution < 1.29 is 24.2 Å². The van der Waals surface area contributed by atoms with Crippen molar-refractivity contribution in [3.8, 4) is 11.1 Å². The van der Waals surface area contributed by atoms with Gasteiger partial charge < -0.3 is 20.5 Å². The molecule has 34 heavy (non-hydrogen) atoms. The normalized spacial score (nSPS) is 14.9. The van der Waals surface area contributed by atoms with Gasteiger partial charge in [0.05, 0.1) is 5.92 Å². The lowest BCUT2D eigenvalue weighted by Crippen LogP contribution is -2.49. The zero-order valence-corrected chi connectivity index (χ0v) is 20.0. The number of alkyl carbamates (subject to hydrolysis) is 1. The van der Waals surface area contributed by atoms with E-state index in [1.807, 2.05) is 38.1 Å². The molecule has 0 saturated heterocycles. The Bertz CT molecular complexity index is 976. The first-order chi connectivity index (χ1) is 16.3. The van der Waals surface area contributed by atoms with Crippen molar-refractivity contribution >= 4 is 18.0 Å². The number of nitrogens with one attached hydrogen (secondary N) is 2. The number of hydrogen-bond acceptors (Lipinski definition) is 4. The fraction of sp³-hybridized carbons (Fsp3) is 0.444. The molecule has 182 valence electrons. The minimum absolute atomic E-state index is 0.0414. The van der Waals surface area contributed by atoms with Gasteiger partial charge in [0, 0.05) is 12.0 Å². The molecule has 7 nitrogen and oxygen atoms in total. The van der Waals surface area contributed by atoms with E-state index in [4.69, 9.17) is 9.84 Å². The van der Waals surface area contributed by atoms with Crippen molar-refractivity contribution in [1.29, 1.82) is 0 Å². The topological polar surface area (TPSA) is 105 Å². The molecule has 2 aromatic carbocycles. The summed E-state index contributed by atoms with van der Waals surface area (Å²) < 4.78 is 5.56. The van der Waals surface area contributed by atoms with Crippen LogP contribution < -0.4 is 10.6 Å². The minimum atomic E-state index is -0.810. The highest BCUT2D eigenvalue weighted by atomic mass is 16.5. The van der Waals surface area contributed by atoms with Crippen LogP contribution in [-0.2, 0) is 14.3 Å². The SMILES string of the molecule is CCC(NC(=O)OCC1c2ccccc2-c2ccccc21)C(=O)NC(C)CCCC(C)C(=O)O. The van der Waals surface area contributed by atoms with Crippen LogP contribution in [-0.4, -0.2) is 41.8 Å². The first-order valence-corrected chi connectivity index (χ1v) is 12.0. The minimum Gasteiger partial charge on any atom is -0.481 e. The molecule has 0 fully saturated rings. The van der Waals surface area contributed by atoms with Gasteiger partial charge in [-0.15, -0.1) is 0 Å². The van der Waals surface area contributed by atoms with E-state index in [0.717, 1.165) is 22.3 Å². The van der Waals surface area contributed by atoms with Crippen LogP contribution >= 0.6 is 0 Å². The summed E-state index contributed by atoms with van der Waals surface area (Å²) in [6.45, 7) is 5.57. The number of hydrogen-bond donors (Lipinski definition) is 3. The van der Waals surface area contributed by atoms with Gasteiger partial charge in [-0.1, -0.05) is 68.8 Å². The number of benzene rings is 2. The van der Waals surface area contributed by atoms with Crippen LogP contribution in [0.4, 0.5) is 4.79 Å². The van der Waals surface area contributed by atoms with Crippen LogP contribution in [0.1, 0.15) is 63.5 Å². The molecule has 2 amide bonds. The predicted molar refractivity (Wildman–Crippen MR) is 131 cm³/mol. The van der Waals surface area contributed by atoms with Crippen LogP contribution in [0.3, 0.4) is 0 Å². The molecule has 0 bridgehead atoms. The van der Waals surface area contributed by atoms with Gasteiger partial charge in [-0.3, -0.25) is 9.59 Å². The number of aliphatic carboxylic acids is 1.